The first-order valence-electron chi connectivity index (χ1n) is 10.2. The summed E-state index contributed by atoms with van der Waals surface area (Å²) in [5.41, 5.74) is 1.04. The molecule has 3 aliphatic heterocycles. The summed E-state index contributed by atoms with van der Waals surface area (Å²) in [7, 11) is 0. The highest BCUT2D eigenvalue weighted by atomic mass is 19.4. The number of carbonyl (C=O) groups is 2. The number of hydrogen-bond acceptors (Lipinski definition) is 6. The van der Waals surface area contributed by atoms with Gasteiger partial charge in [-0.2, -0.15) is 13.2 Å². The number of pyridine rings is 1. The van der Waals surface area contributed by atoms with E-state index in [2.05, 4.69) is 9.88 Å². The van der Waals surface area contributed by atoms with E-state index in [0.29, 0.717) is 19.1 Å². The highest BCUT2D eigenvalue weighted by Gasteiger charge is 2.45. The number of carboxylic acids is 1. The molecule has 172 valence electrons. The van der Waals surface area contributed by atoms with E-state index >= 15 is 0 Å². The smallest absolute Gasteiger partial charge is 0.475 e. The van der Waals surface area contributed by atoms with Gasteiger partial charge in [0.1, 0.15) is 0 Å². The average molecular weight is 445 g/mol. The second kappa shape index (κ2) is 10.4. The SMILES string of the molecule is O=C(O)C(F)(F)F.O=C([C@H]1CN(Cc2ccccn2)C[C@H]2OCC[C@@H]12)N1CCCCO1. The third kappa shape index (κ3) is 6.37. The number of aromatic nitrogens is 1. The number of likely N-dealkylation sites (tertiary alicyclic amines) is 1. The van der Waals surface area contributed by atoms with Crippen LogP contribution < -0.4 is 0 Å². The summed E-state index contributed by atoms with van der Waals surface area (Å²) in [6.45, 7) is 4.54. The van der Waals surface area contributed by atoms with Crippen LogP contribution >= 0.6 is 0 Å². The van der Waals surface area contributed by atoms with Crippen LogP contribution in [0, 0.1) is 11.8 Å². The molecule has 0 aromatic carbocycles. The molecular weight excluding hydrogens is 419 g/mol. The number of alkyl halides is 3. The minimum absolute atomic E-state index is 0.0342. The van der Waals surface area contributed by atoms with Crippen LogP contribution in [0.5, 0.6) is 0 Å². The lowest BCUT2D eigenvalue weighted by Gasteiger charge is -2.41. The van der Waals surface area contributed by atoms with Crippen LogP contribution in [0.2, 0.25) is 0 Å². The van der Waals surface area contributed by atoms with Crippen molar-refractivity contribution >= 4 is 11.9 Å². The number of rotatable bonds is 3. The first-order valence-corrected chi connectivity index (χ1v) is 10.2. The minimum atomic E-state index is -5.08. The molecule has 11 heteroatoms. The Balaban J connectivity index is 0.000000339. The number of hydroxylamine groups is 2. The van der Waals surface area contributed by atoms with Gasteiger partial charge in [-0.15, -0.1) is 0 Å². The second-order valence-corrected chi connectivity index (χ2v) is 7.77. The zero-order valence-corrected chi connectivity index (χ0v) is 17.0. The number of piperidine rings is 1. The van der Waals surface area contributed by atoms with Gasteiger partial charge in [-0.1, -0.05) is 6.07 Å². The van der Waals surface area contributed by atoms with Crippen molar-refractivity contribution < 1.29 is 37.4 Å². The largest absolute Gasteiger partial charge is 0.490 e. The van der Waals surface area contributed by atoms with Gasteiger partial charge in [0.2, 0.25) is 0 Å². The average Bonchev–Trinajstić information content (AvgIpc) is 3.22. The van der Waals surface area contributed by atoms with E-state index < -0.39 is 12.1 Å². The Kier molecular flexibility index (Phi) is 7.84. The first-order chi connectivity index (χ1) is 14.8. The zero-order valence-electron chi connectivity index (χ0n) is 17.0. The summed E-state index contributed by atoms with van der Waals surface area (Å²) in [5.74, 6) is -2.33. The van der Waals surface area contributed by atoms with Crippen LogP contribution in [0.3, 0.4) is 0 Å². The molecule has 8 nitrogen and oxygen atoms in total. The van der Waals surface area contributed by atoms with E-state index in [-0.39, 0.29) is 17.9 Å². The molecule has 1 amide bonds. The first kappa shape index (κ1) is 23.4. The summed E-state index contributed by atoms with van der Waals surface area (Å²) < 4.78 is 37.7. The Morgan fingerprint density at radius 3 is 2.58 bits per heavy atom. The molecule has 3 fully saturated rings. The van der Waals surface area contributed by atoms with Crippen LogP contribution in [0.25, 0.3) is 0 Å². The van der Waals surface area contributed by atoms with Crippen LogP contribution in [0.1, 0.15) is 25.0 Å². The molecule has 3 atom stereocenters. The monoisotopic (exact) mass is 445 g/mol. The summed E-state index contributed by atoms with van der Waals surface area (Å²) in [6.07, 6.45) is -0.0675. The van der Waals surface area contributed by atoms with Crippen molar-refractivity contribution in [3.05, 3.63) is 30.1 Å². The number of nitrogens with zero attached hydrogens (tertiary/aromatic N) is 3. The molecule has 31 heavy (non-hydrogen) atoms. The van der Waals surface area contributed by atoms with Crippen molar-refractivity contribution in [2.45, 2.75) is 38.1 Å². The maximum absolute atomic E-state index is 13.0. The highest BCUT2D eigenvalue weighted by molar-refractivity contribution is 5.78. The van der Waals surface area contributed by atoms with Crippen molar-refractivity contribution in [2.75, 3.05) is 32.8 Å². The molecule has 0 spiro atoms. The zero-order chi connectivity index (χ0) is 22.4. The number of carbonyl (C=O) groups excluding carboxylic acids is 1. The second-order valence-electron chi connectivity index (χ2n) is 7.77. The summed E-state index contributed by atoms with van der Waals surface area (Å²) in [4.78, 5) is 34.2. The lowest BCUT2D eigenvalue weighted by molar-refractivity contribution is -0.205. The number of carboxylic acid groups (broad SMARTS) is 1. The van der Waals surface area contributed by atoms with Gasteiger partial charge in [0.05, 0.1) is 24.3 Å². The summed E-state index contributed by atoms with van der Waals surface area (Å²) in [5, 5.41) is 8.73. The maximum atomic E-state index is 13.0. The fraction of sp³-hybridized carbons (Fsp3) is 0.650. The van der Waals surface area contributed by atoms with Crippen LogP contribution in [-0.4, -0.2) is 77.1 Å². The Labute approximate surface area is 177 Å². The molecule has 1 aromatic rings. The molecule has 0 bridgehead atoms. The third-order valence-corrected chi connectivity index (χ3v) is 5.59. The fourth-order valence-corrected chi connectivity index (χ4v) is 4.12. The third-order valence-electron chi connectivity index (χ3n) is 5.59. The van der Waals surface area contributed by atoms with Crippen molar-refractivity contribution in [1.82, 2.24) is 14.9 Å². The van der Waals surface area contributed by atoms with Crippen molar-refractivity contribution in [2.24, 2.45) is 11.8 Å². The predicted molar refractivity (Wildman–Crippen MR) is 101 cm³/mol. The Bertz CT molecular complexity index is 743. The van der Waals surface area contributed by atoms with Gasteiger partial charge in [0, 0.05) is 44.9 Å². The molecule has 0 unspecified atom stereocenters. The molecule has 0 radical (unpaired) electrons. The van der Waals surface area contributed by atoms with Gasteiger partial charge in [-0.3, -0.25) is 19.5 Å². The molecule has 0 aliphatic carbocycles. The molecule has 4 heterocycles. The molecule has 1 N–H and O–H groups in total. The predicted octanol–water partition coefficient (Wildman–Crippen LogP) is 2.11. The van der Waals surface area contributed by atoms with Crippen molar-refractivity contribution in [1.29, 1.82) is 0 Å². The number of halogens is 3. The van der Waals surface area contributed by atoms with E-state index in [1.54, 1.807) is 5.06 Å². The van der Waals surface area contributed by atoms with Gasteiger partial charge in [-0.05, 0) is 31.4 Å². The topological polar surface area (TPSA) is 92.2 Å². The number of amides is 1. The summed E-state index contributed by atoms with van der Waals surface area (Å²) in [6, 6.07) is 5.97. The molecular formula is C20H26F3N3O5. The van der Waals surface area contributed by atoms with Crippen LogP contribution in [0.4, 0.5) is 13.2 Å². The van der Waals surface area contributed by atoms with Gasteiger partial charge in [-0.25, -0.2) is 9.86 Å². The Morgan fingerprint density at radius 2 is 1.97 bits per heavy atom. The quantitative estimate of drug-likeness (QED) is 0.762. The molecule has 0 saturated carbocycles. The van der Waals surface area contributed by atoms with Gasteiger partial charge in [0.15, 0.2) is 0 Å². The molecule has 3 aliphatic rings. The van der Waals surface area contributed by atoms with Crippen molar-refractivity contribution in [3.63, 3.8) is 0 Å². The molecule has 1 aromatic heterocycles. The van der Waals surface area contributed by atoms with E-state index in [9.17, 15) is 18.0 Å². The van der Waals surface area contributed by atoms with Gasteiger partial charge >= 0.3 is 12.1 Å². The highest BCUT2D eigenvalue weighted by Crippen LogP contribution is 2.35. The Morgan fingerprint density at radius 1 is 1.19 bits per heavy atom. The van der Waals surface area contributed by atoms with Gasteiger partial charge < -0.3 is 9.84 Å². The van der Waals surface area contributed by atoms with Crippen LogP contribution in [-0.2, 0) is 25.7 Å². The van der Waals surface area contributed by atoms with E-state index in [1.807, 2.05) is 24.4 Å². The van der Waals surface area contributed by atoms with E-state index in [0.717, 1.165) is 51.2 Å². The fourth-order valence-electron chi connectivity index (χ4n) is 4.12. The van der Waals surface area contributed by atoms with Crippen molar-refractivity contribution in [3.8, 4) is 0 Å². The molecule has 4 rings (SSSR count). The van der Waals surface area contributed by atoms with Crippen LogP contribution in [0.15, 0.2) is 24.4 Å². The molecule has 3 saturated heterocycles. The van der Waals surface area contributed by atoms with E-state index in [4.69, 9.17) is 19.5 Å². The summed E-state index contributed by atoms with van der Waals surface area (Å²) >= 11 is 0. The Hall–Kier alpha value is -2.24. The van der Waals surface area contributed by atoms with E-state index in [1.165, 1.54) is 0 Å². The normalized spacial score (nSPS) is 26.5. The minimum Gasteiger partial charge on any atom is -0.475 e. The van der Waals surface area contributed by atoms with Gasteiger partial charge in [0.25, 0.3) is 5.91 Å². The standard InChI is InChI=1S/C18H25N3O3.C2HF3O2/c22-18(21-8-3-4-9-24-21)16-12-20(11-14-5-1-2-7-19-14)13-17-15(16)6-10-23-17;3-2(4,5)1(6)7/h1-2,5,7,15-17H,3-4,6,8-13H2;(H,6,7)/t15-,16-,17+;/m0./s1. The number of ether oxygens (including phenoxy) is 1. The maximum Gasteiger partial charge on any atom is 0.490 e. The number of fused-ring (bicyclic) bond motifs is 1. The lowest BCUT2D eigenvalue weighted by Crippen LogP contribution is -2.53. The lowest BCUT2D eigenvalue weighted by atomic mass is 9.82. The number of hydrogen-bond donors (Lipinski definition) is 1. The number of aliphatic carboxylic acids is 1.